The number of carbonyl (C=O) groups excluding carboxylic acids is 2. The number of hydrogen-bond acceptors (Lipinski definition) is 7. The Morgan fingerprint density at radius 2 is 1.71 bits per heavy atom. The van der Waals surface area contributed by atoms with Crippen LogP contribution in [0.1, 0.15) is 61.5 Å². The van der Waals surface area contributed by atoms with Crippen LogP contribution >= 0.6 is 0 Å². The molecule has 51 heavy (non-hydrogen) atoms. The summed E-state index contributed by atoms with van der Waals surface area (Å²) in [7, 11) is 3.44. The molecule has 4 rings (SSSR count). The molecular formula is C38H49F3N4O6. The summed E-state index contributed by atoms with van der Waals surface area (Å²) in [6, 6.07) is 15.9. The second-order valence-electron chi connectivity index (χ2n) is 13.2. The zero-order valence-electron chi connectivity index (χ0n) is 29.8. The molecule has 0 bridgehead atoms. The van der Waals surface area contributed by atoms with Gasteiger partial charge in [0.05, 0.1) is 43.1 Å². The van der Waals surface area contributed by atoms with Gasteiger partial charge in [0.15, 0.2) is 0 Å². The molecule has 13 heteroatoms. The molecule has 1 heterocycles. The van der Waals surface area contributed by atoms with Crippen LogP contribution in [0, 0.1) is 5.92 Å². The zero-order chi connectivity index (χ0) is 37.1. The molecule has 0 saturated heterocycles. The van der Waals surface area contributed by atoms with E-state index in [2.05, 4.69) is 10.6 Å². The highest BCUT2D eigenvalue weighted by atomic mass is 19.4. The molecule has 1 aliphatic heterocycles. The third-order valence-electron chi connectivity index (χ3n) is 8.88. The normalized spacial score (nSPS) is 19.8. The standard InChI is InChI=1S/C38H49F3N4O6/c1-25-21-45(26(2)24-46)36(47)33-20-31(43-37(48)42-30-13-16-32(49-5)17-14-30)15-18-34(33)51-27(3)8-6-7-19-50-35(25)23-44(4)22-28-9-11-29(12-10-28)38(39,40)41/h9-18,20,25-27,35,46H,6-8,19,21-24H2,1-5H3,(H2,42,43,48)/t25-,26-,27-,35-/m0/s1. The van der Waals surface area contributed by atoms with Crippen LogP contribution in [0.3, 0.4) is 0 Å². The largest absolute Gasteiger partial charge is 0.497 e. The van der Waals surface area contributed by atoms with Gasteiger partial charge in [0, 0.05) is 43.5 Å². The number of ether oxygens (including phenoxy) is 3. The first-order chi connectivity index (χ1) is 24.3. The topological polar surface area (TPSA) is 113 Å². The Morgan fingerprint density at radius 1 is 1.04 bits per heavy atom. The lowest BCUT2D eigenvalue weighted by atomic mass is 10.0. The van der Waals surface area contributed by atoms with Gasteiger partial charge in [0.1, 0.15) is 11.5 Å². The molecular weight excluding hydrogens is 665 g/mol. The summed E-state index contributed by atoms with van der Waals surface area (Å²) in [5.74, 6) is 0.455. The fourth-order valence-corrected chi connectivity index (χ4v) is 5.91. The number of nitrogens with zero attached hydrogens (tertiary/aromatic N) is 2. The lowest BCUT2D eigenvalue weighted by molar-refractivity contribution is -0.137. The summed E-state index contributed by atoms with van der Waals surface area (Å²) < 4.78 is 57.1. The number of amides is 3. The minimum absolute atomic E-state index is 0.194. The first-order valence-corrected chi connectivity index (χ1v) is 17.2. The van der Waals surface area contributed by atoms with E-state index < -0.39 is 23.8 Å². The molecule has 0 spiro atoms. The number of hydrogen-bond donors (Lipinski definition) is 3. The summed E-state index contributed by atoms with van der Waals surface area (Å²) in [4.78, 5) is 30.9. The number of aliphatic hydroxyl groups is 1. The van der Waals surface area contributed by atoms with Gasteiger partial charge in [0.2, 0.25) is 0 Å². The second-order valence-corrected chi connectivity index (χ2v) is 13.2. The molecule has 0 aromatic heterocycles. The Hall–Kier alpha value is -4.33. The van der Waals surface area contributed by atoms with E-state index in [0.717, 1.165) is 30.5 Å². The molecule has 10 nitrogen and oxygen atoms in total. The van der Waals surface area contributed by atoms with Gasteiger partial charge in [0.25, 0.3) is 5.91 Å². The van der Waals surface area contributed by atoms with E-state index in [4.69, 9.17) is 14.2 Å². The number of aliphatic hydroxyl groups excluding tert-OH is 1. The first kappa shape index (κ1) is 39.5. The van der Waals surface area contributed by atoms with Crippen LogP contribution < -0.4 is 20.1 Å². The fourth-order valence-electron chi connectivity index (χ4n) is 5.91. The van der Waals surface area contributed by atoms with Crippen molar-refractivity contribution in [3.63, 3.8) is 0 Å². The van der Waals surface area contributed by atoms with Crippen molar-refractivity contribution in [2.75, 3.05) is 51.1 Å². The van der Waals surface area contributed by atoms with Crippen LogP contribution in [-0.2, 0) is 17.5 Å². The van der Waals surface area contributed by atoms with Crippen LogP contribution in [0.25, 0.3) is 0 Å². The maximum atomic E-state index is 14.4. The quantitative estimate of drug-likeness (QED) is 0.214. The van der Waals surface area contributed by atoms with Crippen molar-refractivity contribution in [1.29, 1.82) is 0 Å². The van der Waals surface area contributed by atoms with E-state index in [1.807, 2.05) is 25.8 Å². The summed E-state index contributed by atoms with van der Waals surface area (Å²) in [5, 5.41) is 15.8. The van der Waals surface area contributed by atoms with Crippen LogP contribution in [0.2, 0.25) is 0 Å². The van der Waals surface area contributed by atoms with Gasteiger partial charge in [-0.1, -0.05) is 19.1 Å². The maximum Gasteiger partial charge on any atom is 0.416 e. The van der Waals surface area contributed by atoms with Crippen molar-refractivity contribution in [1.82, 2.24) is 9.80 Å². The van der Waals surface area contributed by atoms with E-state index in [0.29, 0.717) is 49.0 Å². The SMILES string of the molecule is COc1ccc(NC(=O)Nc2ccc3c(c2)C(=O)N([C@@H](C)CO)C[C@H](C)[C@H](CN(C)Cc2ccc(C(F)(F)F)cc2)OCCCC[C@H](C)O3)cc1. The van der Waals surface area contributed by atoms with E-state index >= 15 is 0 Å². The summed E-state index contributed by atoms with van der Waals surface area (Å²) in [6.45, 7) is 6.99. The number of halogens is 3. The molecule has 0 unspecified atom stereocenters. The Kier molecular flexibility index (Phi) is 14.1. The van der Waals surface area contributed by atoms with Gasteiger partial charge in [-0.2, -0.15) is 13.2 Å². The van der Waals surface area contributed by atoms with E-state index in [9.17, 15) is 27.9 Å². The number of anilines is 2. The molecule has 0 aliphatic carbocycles. The average Bonchev–Trinajstić information content (AvgIpc) is 3.09. The van der Waals surface area contributed by atoms with Crippen LogP contribution in [0.5, 0.6) is 11.5 Å². The van der Waals surface area contributed by atoms with Gasteiger partial charge in [-0.25, -0.2) is 4.79 Å². The number of carbonyl (C=O) groups is 2. The molecule has 1 aliphatic rings. The van der Waals surface area contributed by atoms with Crippen LogP contribution in [0.15, 0.2) is 66.7 Å². The number of likely N-dealkylation sites (N-methyl/N-ethyl adjacent to an activating group) is 1. The number of methoxy groups -OCH3 is 1. The molecule has 3 aromatic carbocycles. The zero-order valence-corrected chi connectivity index (χ0v) is 29.8. The monoisotopic (exact) mass is 714 g/mol. The van der Waals surface area contributed by atoms with Gasteiger partial charge < -0.3 is 34.9 Å². The molecule has 0 fully saturated rings. The lowest BCUT2D eigenvalue weighted by Gasteiger charge is -2.36. The smallest absolute Gasteiger partial charge is 0.416 e. The van der Waals surface area contributed by atoms with E-state index in [1.54, 1.807) is 61.4 Å². The first-order valence-electron chi connectivity index (χ1n) is 17.2. The Bertz CT molecular complexity index is 1570. The molecule has 278 valence electrons. The summed E-state index contributed by atoms with van der Waals surface area (Å²) in [6.07, 6.45) is -2.61. The number of fused-ring (bicyclic) bond motifs is 1. The second kappa shape index (κ2) is 18.2. The molecule has 0 radical (unpaired) electrons. The highest BCUT2D eigenvalue weighted by molar-refractivity contribution is 6.02. The van der Waals surface area contributed by atoms with E-state index in [1.165, 1.54) is 12.1 Å². The van der Waals surface area contributed by atoms with Crippen molar-refractivity contribution in [2.45, 2.75) is 71.0 Å². The van der Waals surface area contributed by atoms with Crippen molar-refractivity contribution >= 4 is 23.3 Å². The van der Waals surface area contributed by atoms with Gasteiger partial charge in [-0.3, -0.25) is 9.69 Å². The molecule has 4 atom stereocenters. The van der Waals surface area contributed by atoms with Crippen LogP contribution in [-0.4, -0.2) is 85.6 Å². The highest BCUT2D eigenvalue weighted by Crippen LogP contribution is 2.30. The van der Waals surface area contributed by atoms with Crippen molar-refractivity contribution < 1.29 is 42.1 Å². The van der Waals surface area contributed by atoms with Gasteiger partial charge >= 0.3 is 12.2 Å². The third-order valence-corrected chi connectivity index (χ3v) is 8.88. The summed E-state index contributed by atoms with van der Waals surface area (Å²) in [5.41, 5.74) is 1.21. The van der Waals surface area contributed by atoms with Crippen molar-refractivity contribution in [3.05, 3.63) is 83.4 Å². The lowest BCUT2D eigenvalue weighted by Crippen LogP contribution is -2.47. The predicted molar refractivity (Wildman–Crippen MR) is 190 cm³/mol. The van der Waals surface area contributed by atoms with Crippen molar-refractivity contribution in [3.8, 4) is 11.5 Å². The Balaban J connectivity index is 1.55. The highest BCUT2D eigenvalue weighted by Gasteiger charge is 2.32. The third kappa shape index (κ3) is 11.6. The Labute approximate surface area is 297 Å². The number of nitrogens with one attached hydrogen (secondary N) is 2. The number of benzene rings is 3. The fraction of sp³-hybridized carbons (Fsp3) is 0.474. The van der Waals surface area contributed by atoms with Gasteiger partial charge in [-0.05, 0) is 100 Å². The minimum atomic E-state index is -4.40. The molecule has 3 aromatic rings. The average molecular weight is 715 g/mol. The number of rotatable bonds is 9. The molecule has 3 amide bonds. The predicted octanol–water partition coefficient (Wildman–Crippen LogP) is 7.29. The minimum Gasteiger partial charge on any atom is -0.497 e. The van der Waals surface area contributed by atoms with Crippen molar-refractivity contribution in [2.24, 2.45) is 5.92 Å². The van der Waals surface area contributed by atoms with Gasteiger partial charge in [-0.15, -0.1) is 0 Å². The molecule has 0 saturated carbocycles. The number of urea groups is 1. The summed E-state index contributed by atoms with van der Waals surface area (Å²) >= 11 is 0. The Morgan fingerprint density at radius 3 is 2.35 bits per heavy atom. The van der Waals surface area contributed by atoms with E-state index in [-0.39, 0.29) is 42.7 Å². The molecule has 3 N–H and O–H groups in total. The maximum absolute atomic E-state index is 14.4. The number of alkyl halides is 3. The van der Waals surface area contributed by atoms with Crippen LogP contribution in [0.4, 0.5) is 29.3 Å².